The number of hydrogen-bond donors (Lipinski definition) is 6. The number of anilines is 1. The van der Waals surface area contributed by atoms with Gasteiger partial charge in [-0.05, 0) is 64.0 Å². The van der Waals surface area contributed by atoms with Crippen molar-refractivity contribution in [3.63, 3.8) is 0 Å². The lowest BCUT2D eigenvalue weighted by Gasteiger charge is -2.31. The fourth-order valence-corrected chi connectivity index (χ4v) is 6.49. The van der Waals surface area contributed by atoms with Crippen LogP contribution < -0.4 is 32.3 Å². The van der Waals surface area contributed by atoms with E-state index in [1.54, 1.807) is 12.3 Å². The molecule has 14 nitrogen and oxygen atoms in total. The molecule has 1 aliphatic heterocycles. The van der Waals surface area contributed by atoms with Gasteiger partial charge in [-0.1, -0.05) is 11.8 Å². The van der Waals surface area contributed by atoms with Crippen molar-refractivity contribution in [2.24, 2.45) is 16.5 Å². The lowest BCUT2D eigenvalue weighted by atomic mass is 10.1. The van der Waals surface area contributed by atoms with Gasteiger partial charge in [-0.25, -0.2) is 14.9 Å². The molecule has 4 rings (SSSR count). The van der Waals surface area contributed by atoms with Crippen molar-refractivity contribution < 1.29 is 14.4 Å². The normalized spacial score (nSPS) is 15.5. The van der Waals surface area contributed by atoms with E-state index in [1.807, 2.05) is 43.9 Å². The van der Waals surface area contributed by atoms with Crippen LogP contribution in [0.4, 0.5) is 10.8 Å². The topological polar surface area (TPSA) is 189 Å². The zero-order valence-electron chi connectivity index (χ0n) is 29.3. The molecule has 0 spiro atoms. The zero-order valence-corrected chi connectivity index (χ0v) is 31.0. The molecule has 0 bridgehead atoms. The molecule has 1 atom stereocenters. The average Bonchev–Trinajstić information content (AvgIpc) is 3.65. The number of aromatic nitrogens is 3. The highest BCUT2D eigenvalue weighted by Crippen LogP contribution is 2.35. The number of nitrogens with two attached hydrogens (primary N) is 2. The Morgan fingerprint density at radius 3 is 2.67 bits per heavy atom. The molecule has 51 heavy (non-hydrogen) atoms. The van der Waals surface area contributed by atoms with Gasteiger partial charge in [0.2, 0.25) is 6.41 Å². The summed E-state index contributed by atoms with van der Waals surface area (Å²) in [5.74, 6) is 5.40. The summed E-state index contributed by atoms with van der Waals surface area (Å²) >= 11 is 5.85. The fourth-order valence-electron chi connectivity index (χ4n) is 5.19. The fraction of sp³-hybridized carbons (Fsp3) is 0.371. The number of pyridine rings is 1. The summed E-state index contributed by atoms with van der Waals surface area (Å²) in [6.45, 7) is 12.9. The lowest BCUT2D eigenvalue weighted by molar-refractivity contribution is -0.118. The van der Waals surface area contributed by atoms with E-state index in [9.17, 15) is 14.4 Å². The largest absolute Gasteiger partial charge is 0.394 e. The van der Waals surface area contributed by atoms with E-state index in [2.05, 4.69) is 67.3 Å². The standard InChI is InChI=1S/C35H45N11O3S2/c1-23-10-13-39-31(17-23)46(22-47)35(50)43-34-25(3)28(26(4)51-34)7-5-11-40-32(48)29(36)8-9-30(37)33(49)41-12-6-15-45-21-27(18-42-45)20-44-16-14-38-24(2)19-44/h8-10,13,17-18,21-22,24,38H,6,11-12,14-16,19-20,36-37H2,1-4H3,(H,40,48)(H,41,49)(H,43,50)/b29-8-,30-9-. The quantitative estimate of drug-likeness (QED) is 0.0223. The lowest BCUT2D eigenvalue weighted by Crippen LogP contribution is -2.48. The summed E-state index contributed by atoms with van der Waals surface area (Å²) in [7, 11) is 0. The third kappa shape index (κ3) is 11.5. The van der Waals surface area contributed by atoms with Crippen LogP contribution in [0, 0.1) is 32.6 Å². The first-order valence-corrected chi connectivity index (χ1v) is 17.7. The zero-order chi connectivity index (χ0) is 36.9. The second kappa shape index (κ2) is 18.9. The van der Waals surface area contributed by atoms with E-state index in [0.717, 1.165) is 53.3 Å². The van der Waals surface area contributed by atoms with E-state index >= 15 is 0 Å². The molecule has 7 N–H and O–H groups in total. The summed E-state index contributed by atoms with van der Waals surface area (Å²) in [4.78, 5) is 50.0. The Hall–Kier alpha value is -4.95. The van der Waals surface area contributed by atoms with Gasteiger partial charge in [-0.3, -0.25) is 24.0 Å². The second-order valence-electron chi connectivity index (χ2n) is 12.1. The highest BCUT2D eigenvalue weighted by molar-refractivity contribution is 7.97. The maximum atomic E-state index is 12.5. The number of amides is 3. The highest BCUT2D eigenvalue weighted by atomic mass is 32.1. The molecule has 1 unspecified atom stereocenters. The van der Waals surface area contributed by atoms with Crippen LogP contribution in [0.1, 0.15) is 40.5 Å². The Morgan fingerprint density at radius 2 is 1.96 bits per heavy atom. The Kier molecular flexibility index (Phi) is 14.4. The van der Waals surface area contributed by atoms with Gasteiger partial charge in [0.1, 0.15) is 10.8 Å². The molecule has 0 saturated carbocycles. The number of carbonyl (C=O) groups excluding carboxylic acids is 3. The molecule has 3 aromatic rings. The number of carbonyl (C=O) groups is 3. The summed E-state index contributed by atoms with van der Waals surface area (Å²) in [6.07, 6.45) is 9.40. The molecular formula is C35H45N11O3S2. The summed E-state index contributed by atoms with van der Waals surface area (Å²) in [5, 5.41) is 14.1. The van der Waals surface area contributed by atoms with Gasteiger partial charge in [0, 0.05) is 79.3 Å². The van der Waals surface area contributed by atoms with Crippen LogP contribution in [0.25, 0.3) is 0 Å². The minimum absolute atomic E-state index is 0.0306. The van der Waals surface area contributed by atoms with Gasteiger partial charge in [-0.15, -0.1) is 24.0 Å². The number of aliphatic imine (C=N–C) groups is 1. The first kappa shape index (κ1) is 38.8. The van der Waals surface area contributed by atoms with Crippen molar-refractivity contribution in [2.45, 2.75) is 53.2 Å². The number of hydrogen-bond acceptors (Lipinski definition) is 11. The Labute approximate surface area is 307 Å². The van der Waals surface area contributed by atoms with E-state index < -0.39 is 11.8 Å². The van der Waals surface area contributed by atoms with Gasteiger partial charge >= 0.3 is 0 Å². The molecule has 270 valence electrons. The molecule has 0 aromatic carbocycles. The number of thiophene rings is 1. The summed E-state index contributed by atoms with van der Waals surface area (Å²) in [6, 6.07) is 4.08. The predicted molar refractivity (Wildman–Crippen MR) is 204 cm³/mol. The molecule has 3 aromatic heterocycles. The molecule has 0 radical (unpaired) electrons. The molecule has 16 heteroatoms. The molecule has 3 amide bonds. The van der Waals surface area contributed by atoms with Crippen molar-refractivity contribution in [3.05, 3.63) is 81.4 Å². The number of aryl methyl sites for hydroxylation is 3. The summed E-state index contributed by atoms with van der Waals surface area (Å²) < 4.78 is 1.88. The van der Waals surface area contributed by atoms with Crippen LogP contribution in [-0.4, -0.2) is 81.8 Å². The SMILES string of the molecule is Cc1ccnc(N(C=O)/C(S)=N\c2sc(C)c(C#CCNC(=O)/C(N)=C/C=C(\N)C(=O)NCCCn3cc(CN4CCNC(C)C4)cn3)c2C)c1. The van der Waals surface area contributed by atoms with E-state index in [-0.39, 0.29) is 23.1 Å². The Balaban J connectivity index is 1.21. The third-order valence-corrected chi connectivity index (χ3v) is 9.30. The molecular weight excluding hydrogens is 687 g/mol. The van der Waals surface area contributed by atoms with Crippen molar-refractivity contribution in [1.29, 1.82) is 0 Å². The number of nitrogens with zero attached hydrogens (tertiary/aromatic N) is 6. The molecule has 1 saturated heterocycles. The maximum Gasteiger partial charge on any atom is 0.267 e. The van der Waals surface area contributed by atoms with Crippen LogP contribution in [0.2, 0.25) is 0 Å². The molecule has 1 fully saturated rings. The minimum atomic E-state index is -0.554. The number of thiol groups is 1. The van der Waals surface area contributed by atoms with Crippen molar-refractivity contribution >= 4 is 58.2 Å². The van der Waals surface area contributed by atoms with E-state index in [0.29, 0.717) is 42.8 Å². The molecule has 0 aliphatic carbocycles. The number of amidine groups is 1. The number of nitrogens with one attached hydrogen (secondary N) is 3. The number of rotatable bonds is 13. The van der Waals surface area contributed by atoms with Gasteiger partial charge in [-0.2, -0.15) is 5.10 Å². The molecule has 4 heterocycles. The molecule has 1 aliphatic rings. The van der Waals surface area contributed by atoms with Gasteiger partial charge < -0.3 is 27.4 Å². The van der Waals surface area contributed by atoms with Crippen LogP contribution in [0.3, 0.4) is 0 Å². The smallest absolute Gasteiger partial charge is 0.267 e. The van der Waals surface area contributed by atoms with Crippen molar-refractivity contribution in [3.8, 4) is 11.8 Å². The Bertz CT molecular complexity index is 1870. The Morgan fingerprint density at radius 1 is 1.22 bits per heavy atom. The van der Waals surface area contributed by atoms with Crippen LogP contribution >= 0.6 is 24.0 Å². The van der Waals surface area contributed by atoms with Gasteiger partial charge in [0.05, 0.1) is 24.1 Å². The first-order chi connectivity index (χ1) is 24.4. The predicted octanol–water partition coefficient (Wildman–Crippen LogP) is 2.00. The average molecular weight is 732 g/mol. The number of allylic oxidation sites excluding steroid dienone is 2. The van der Waals surface area contributed by atoms with Crippen molar-refractivity contribution in [1.82, 2.24) is 35.6 Å². The maximum absolute atomic E-state index is 12.5. The van der Waals surface area contributed by atoms with E-state index in [4.69, 9.17) is 11.5 Å². The summed E-state index contributed by atoms with van der Waals surface area (Å²) in [5.41, 5.74) is 15.3. The van der Waals surface area contributed by atoms with Crippen molar-refractivity contribution in [2.75, 3.05) is 37.6 Å². The minimum Gasteiger partial charge on any atom is -0.394 e. The van der Waals surface area contributed by atoms with Crippen LogP contribution in [-0.2, 0) is 27.5 Å². The third-order valence-electron chi connectivity index (χ3n) is 7.88. The highest BCUT2D eigenvalue weighted by Gasteiger charge is 2.17. The second-order valence-corrected chi connectivity index (χ2v) is 13.7. The van der Waals surface area contributed by atoms with Gasteiger partial charge in [0.25, 0.3) is 11.8 Å². The van der Waals surface area contributed by atoms with E-state index in [1.165, 1.54) is 28.4 Å². The van der Waals surface area contributed by atoms with Crippen LogP contribution in [0.15, 0.2) is 59.3 Å². The van der Waals surface area contributed by atoms with Crippen LogP contribution in [0.5, 0.6) is 0 Å². The van der Waals surface area contributed by atoms with Gasteiger partial charge in [0.15, 0.2) is 5.17 Å². The monoisotopic (exact) mass is 731 g/mol. The number of piperazine rings is 1. The first-order valence-electron chi connectivity index (χ1n) is 16.4.